The Morgan fingerprint density at radius 2 is 1.57 bits per heavy atom. The SMILES string of the molecule is CCNc1cc(Nc2ccc(NC(=O)CNC(=O)c3ccccc3)cc2)nc(C)n1. The number of anilines is 4. The summed E-state index contributed by atoms with van der Waals surface area (Å²) < 4.78 is 0. The molecule has 2 aromatic carbocycles. The molecule has 1 aromatic heterocycles. The van der Waals surface area contributed by atoms with Crippen molar-refractivity contribution in [1.29, 1.82) is 0 Å². The van der Waals surface area contributed by atoms with Gasteiger partial charge in [-0.05, 0) is 50.2 Å². The molecular weight excluding hydrogens is 380 g/mol. The van der Waals surface area contributed by atoms with Gasteiger partial charge in [-0.2, -0.15) is 0 Å². The van der Waals surface area contributed by atoms with Gasteiger partial charge in [0.1, 0.15) is 17.5 Å². The third kappa shape index (κ3) is 6.03. The zero-order chi connectivity index (χ0) is 21.3. The molecule has 154 valence electrons. The molecular formula is C22H24N6O2. The lowest BCUT2D eigenvalue weighted by Gasteiger charge is -2.11. The smallest absolute Gasteiger partial charge is 0.251 e. The van der Waals surface area contributed by atoms with Crippen LogP contribution in [0, 0.1) is 6.92 Å². The van der Waals surface area contributed by atoms with Gasteiger partial charge in [0.25, 0.3) is 5.91 Å². The molecule has 2 amide bonds. The van der Waals surface area contributed by atoms with Gasteiger partial charge in [-0.3, -0.25) is 9.59 Å². The lowest BCUT2D eigenvalue weighted by atomic mass is 10.2. The highest BCUT2D eigenvalue weighted by Gasteiger charge is 2.08. The number of carbonyl (C=O) groups is 2. The third-order valence-electron chi connectivity index (χ3n) is 4.08. The Labute approximate surface area is 175 Å². The highest BCUT2D eigenvalue weighted by molar-refractivity contribution is 5.99. The van der Waals surface area contributed by atoms with Crippen LogP contribution in [-0.4, -0.2) is 34.9 Å². The quantitative estimate of drug-likeness (QED) is 0.459. The summed E-state index contributed by atoms with van der Waals surface area (Å²) in [5.41, 5.74) is 1.97. The molecule has 0 unspecified atom stereocenters. The Morgan fingerprint density at radius 1 is 0.900 bits per heavy atom. The average Bonchev–Trinajstić information content (AvgIpc) is 2.74. The Bertz CT molecular complexity index is 1010. The molecule has 0 saturated heterocycles. The average molecular weight is 404 g/mol. The van der Waals surface area contributed by atoms with E-state index >= 15 is 0 Å². The van der Waals surface area contributed by atoms with Crippen LogP contribution in [0.2, 0.25) is 0 Å². The fraction of sp³-hybridized carbons (Fsp3) is 0.182. The van der Waals surface area contributed by atoms with E-state index < -0.39 is 0 Å². The molecule has 3 rings (SSSR count). The van der Waals surface area contributed by atoms with E-state index in [2.05, 4.69) is 31.2 Å². The van der Waals surface area contributed by atoms with Gasteiger partial charge in [0.2, 0.25) is 5.91 Å². The van der Waals surface area contributed by atoms with Crippen LogP contribution in [0.5, 0.6) is 0 Å². The number of hydrogen-bond acceptors (Lipinski definition) is 6. The van der Waals surface area contributed by atoms with Crippen LogP contribution in [0.3, 0.4) is 0 Å². The second-order valence-electron chi connectivity index (χ2n) is 6.52. The lowest BCUT2D eigenvalue weighted by Crippen LogP contribution is -2.32. The van der Waals surface area contributed by atoms with E-state index in [-0.39, 0.29) is 18.4 Å². The zero-order valence-electron chi connectivity index (χ0n) is 16.9. The molecule has 0 atom stereocenters. The van der Waals surface area contributed by atoms with Gasteiger partial charge in [0.15, 0.2) is 0 Å². The summed E-state index contributed by atoms with van der Waals surface area (Å²) >= 11 is 0. The largest absolute Gasteiger partial charge is 0.370 e. The van der Waals surface area contributed by atoms with E-state index in [9.17, 15) is 9.59 Å². The molecule has 0 aliphatic heterocycles. The first-order valence-electron chi connectivity index (χ1n) is 9.63. The second-order valence-corrected chi connectivity index (χ2v) is 6.52. The van der Waals surface area contributed by atoms with Gasteiger partial charge in [-0.25, -0.2) is 9.97 Å². The topological polar surface area (TPSA) is 108 Å². The maximum Gasteiger partial charge on any atom is 0.251 e. The number of benzene rings is 2. The van der Waals surface area contributed by atoms with Crippen molar-refractivity contribution in [1.82, 2.24) is 15.3 Å². The molecule has 4 N–H and O–H groups in total. The summed E-state index contributed by atoms with van der Waals surface area (Å²) in [6, 6.07) is 17.8. The Kier molecular flexibility index (Phi) is 6.94. The first-order valence-corrected chi connectivity index (χ1v) is 9.63. The Balaban J connectivity index is 1.53. The van der Waals surface area contributed by atoms with E-state index in [0.29, 0.717) is 22.9 Å². The van der Waals surface area contributed by atoms with E-state index in [4.69, 9.17) is 0 Å². The second kappa shape index (κ2) is 10.0. The lowest BCUT2D eigenvalue weighted by molar-refractivity contribution is -0.115. The van der Waals surface area contributed by atoms with Crippen molar-refractivity contribution < 1.29 is 9.59 Å². The zero-order valence-corrected chi connectivity index (χ0v) is 16.9. The summed E-state index contributed by atoms with van der Waals surface area (Å²) in [5, 5.41) is 11.7. The number of nitrogens with one attached hydrogen (secondary N) is 4. The minimum Gasteiger partial charge on any atom is -0.370 e. The number of amides is 2. The predicted molar refractivity (Wildman–Crippen MR) is 118 cm³/mol. The summed E-state index contributed by atoms with van der Waals surface area (Å²) in [6.45, 7) is 4.50. The van der Waals surface area contributed by atoms with E-state index in [0.717, 1.165) is 18.1 Å². The first kappa shape index (κ1) is 20.8. The molecule has 8 heteroatoms. The van der Waals surface area contributed by atoms with Crippen molar-refractivity contribution in [2.75, 3.05) is 29.0 Å². The summed E-state index contributed by atoms with van der Waals surface area (Å²) in [4.78, 5) is 32.8. The van der Waals surface area contributed by atoms with Gasteiger partial charge in [-0.15, -0.1) is 0 Å². The maximum absolute atomic E-state index is 12.1. The highest BCUT2D eigenvalue weighted by Crippen LogP contribution is 2.19. The molecule has 0 bridgehead atoms. The first-order chi connectivity index (χ1) is 14.5. The van der Waals surface area contributed by atoms with Crippen LogP contribution in [0.25, 0.3) is 0 Å². The van der Waals surface area contributed by atoms with Crippen LogP contribution < -0.4 is 21.3 Å². The van der Waals surface area contributed by atoms with Crippen molar-refractivity contribution in [2.24, 2.45) is 0 Å². The molecule has 0 saturated carbocycles. The normalized spacial score (nSPS) is 10.2. The fourth-order valence-electron chi connectivity index (χ4n) is 2.75. The van der Waals surface area contributed by atoms with E-state index in [1.54, 1.807) is 36.4 Å². The maximum atomic E-state index is 12.1. The Morgan fingerprint density at radius 3 is 2.27 bits per heavy atom. The van der Waals surface area contributed by atoms with Crippen LogP contribution in [0.4, 0.5) is 23.0 Å². The summed E-state index contributed by atoms with van der Waals surface area (Å²) in [5.74, 6) is 1.51. The minimum absolute atomic E-state index is 0.110. The molecule has 0 radical (unpaired) electrons. The molecule has 0 aliphatic carbocycles. The number of aromatic nitrogens is 2. The molecule has 1 heterocycles. The van der Waals surface area contributed by atoms with Gasteiger partial charge in [0, 0.05) is 29.5 Å². The van der Waals surface area contributed by atoms with E-state index in [1.807, 2.05) is 38.1 Å². The van der Waals surface area contributed by atoms with Crippen LogP contribution >= 0.6 is 0 Å². The molecule has 30 heavy (non-hydrogen) atoms. The van der Waals surface area contributed by atoms with Crippen LogP contribution in [-0.2, 0) is 4.79 Å². The monoisotopic (exact) mass is 404 g/mol. The number of hydrogen-bond donors (Lipinski definition) is 4. The summed E-state index contributed by atoms with van der Waals surface area (Å²) in [7, 11) is 0. The number of rotatable bonds is 8. The number of nitrogens with zero attached hydrogens (tertiary/aromatic N) is 2. The van der Waals surface area contributed by atoms with Crippen molar-refractivity contribution in [3.8, 4) is 0 Å². The summed E-state index contributed by atoms with van der Waals surface area (Å²) in [6.07, 6.45) is 0. The fourth-order valence-corrected chi connectivity index (χ4v) is 2.75. The van der Waals surface area contributed by atoms with Crippen LogP contribution in [0.15, 0.2) is 60.7 Å². The molecule has 0 spiro atoms. The predicted octanol–water partition coefficient (Wildman–Crippen LogP) is 3.33. The molecule has 0 aliphatic rings. The Hall–Kier alpha value is -3.94. The van der Waals surface area contributed by atoms with Crippen molar-refractivity contribution in [3.05, 3.63) is 72.1 Å². The molecule has 8 nitrogen and oxygen atoms in total. The molecule has 3 aromatic rings. The van der Waals surface area contributed by atoms with Crippen molar-refractivity contribution in [3.63, 3.8) is 0 Å². The van der Waals surface area contributed by atoms with Crippen molar-refractivity contribution in [2.45, 2.75) is 13.8 Å². The number of carbonyl (C=O) groups excluding carboxylic acids is 2. The third-order valence-corrected chi connectivity index (χ3v) is 4.08. The molecule has 0 fully saturated rings. The minimum atomic E-state index is -0.304. The van der Waals surface area contributed by atoms with Gasteiger partial charge < -0.3 is 21.3 Å². The van der Waals surface area contributed by atoms with E-state index in [1.165, 1.54) is 0 Å². The van der Waals surface area contributed by atoms with Gasteiger partial charge in [0.05, 0.1) is 6.54 Å². The standard InChI is InChI=1S/C22H24N6O2/c1-3-23-19-13-20(26-15(2)25-19)27-17-9-11-18(12-10-17)28-21(29)14-24-22(30)16-7-5-4-6-8-16/h4-13H,3,14H2,1-2H3,(H,24,30)(H,28,29)(H2,23,25,26,27). The van der Waals surface area contributed by atoms with Gasteiger partial charge >= 0.3 is 0 Å². The van der Waals surface area contributed by atoms with Crippen molar-refractivity contribution >= 4 is 34.8 Å². The highest BCUT2D eigenvalue weighted by atomic mass is 16.2. The van der Waals surface area contributed by atoms with Gasteiger partial charge in [-0.1, -0.05) is 18.2 Å². The number of aryl methyl sites for hydroxylation is 1. The van der Waals surface area contributed by atoms with Crippen LogP contribution in [0.1, 0.15) is 23.1 Å².